The third-order valence-electron chi connectivity index (χ3n) is 3.19. The molecule has 0 bridgehead atoms. The van der Waals surface area contributed by atoms with Gasteiger partial charge in [-0.3, -0.25) is 9.89 Å². The fourth-order valence-corrected chi connectivity index (χ4v) is 2.22. The fourth-order valence-electron chi connectivity index (χ4n) is 2.22. The van der Waals surface area contributed by atoms with Crippen molar-refractivity contribution in [3.63, 3.8) is 0 Å². The summed E-state index contributed by atoms with van der Waals surface area (Å²) in [5.41, 5.74) is 2.08. The molecule has 1 amide bonds. The van der Waals surface area contributed by atoms with Gasteiger partial charge < -0.3 is 10.4 Å². The molecule has 1 atom stereocenters. The van der Waals surface area contributed by atoms with Crippen LogP contribution < -0.4 is 5.32 Å². The molecule has 1 aromatic carbocycles. The third-order valence-corrected chi connectivity index (χ3v) is 3.19. The molecule has 1 heterocycles. The largest absolute Gasteiger partial charge is 0.391 e. The van der Waals surface area contributed by atoms with E-state index in [0.29, 0.717) is 23.6 Å². The number of hydrogen-bond acceptors (Lipinski definition) is 3. The number of aliphatic hydroxyl groups excluding tert-OH is 1. The Labute approximate surface area is 124 Å². The highest BCUT2D eigenvalue weighted by Crippen LogP contribution is 2.20. The number of hydrogen-bond donors (Lipinski definition) is 3. The van der Waals surface area contributed by atoms with E-state index in [1.54, 1.807) is 0 Å². The summed E-state index contributed by atoms with van der Waals surface area (Å²) < 4.78 is 0. The van der Waals surface area contributed by atoms with Gasteiger partial charge in [0.05, 0.1) is 23.6 Å². The van der Waals surface area contributed by atoms with Crippen LogP contribution in [-0.4, -0.2) is 33.9 Å². The molecule has 2 rings (SSSR count). The van der Waals surface area contributed by atoms with Gasteiger partial charge in [0.15, 0.2) is 0 Å². The summed E-state index contributed by atoms with van der Waals surface area (Å²) in [6, 6.07) is 9.56. The third kappa shape index (κ3) is 4.16. The summed E-state index contributed by atoms with van der Waals surface area (Å²) in [5.74, 6) is 0.163. The minimum atomic E-state index is -0.527. The number of aromatic nitrogens is 2. The number of aromatic amines is 1. The van der Waals surface area contributed by atoms with Crippen LogP contribution in [0.1, 0.15) is 30.6 Å². The summed E-state index contributed by atoms with van der Waals surface area (Å²) in [5, 5.41) is 19.4. The number of H-pyrrole nitrogens is 1. The van der Waals surface area contributed by atoms with Gasteiger partial charge in [-0.1, -0.05) is 44.2 Å². The van der Waals surface area contributed by atoms with Crippen molar-refractivity contribution in [3.8, 4) is 11.3 Å². The number of carbonyl (C=O) groups is 1. The average molecular weight is 287 g/mol. The standard InChI is InChI=1S/C16H21N3O2/c1-11(2)8-13(20)9-17-16(21)14-10-18-19-15(14)12-6-4-3-5-7-12/h3-7,10-11,13,20H,8-9H2,1-2H3,(H,17,21)(H,18,19). The van der Waals surface area contributed by atoms with Crippen LogP contribution in [0.25, 0.3) is 11.3 Å². The van der Waals surface area contributed by atoms with Crippen LogP contribution in [-0.2, 0) is 0 Å². The lowest BCUT2D eigenvalue weighted by Gasteiger charge is -2.13. The molecular formula is C16H21N3O2. The Hall–Kier alpha value is -2.14. The quantitative estimate of drug-likeness (QED) is 0.762. The van der Waals surface area contributed by atoms with Crippen LogP contribution in [0.5, 0.6) is 0 Å². The number of rotatable bonds is 6. The summed E-state index contributed by atoms with van der Waals surface area (Å²) in [6.45, 7) is 4.32. The van der Waals surface area contributed by atoms with E-state index in [0.717, 1.165) is 5.56 Å². The summed E-state index contributed by atoms with van der Waals surface area (Å²) in [7, 11) is 0. The monoisotopic (exact) mass is 287 g/mol. The normalized spacial score (nSPS) is 12.4. The zero-order valence-corrected chi connectivity index (χ0v) is 12.3. The van der Waals surface area contributed by atoms with E-state index >= 15 is 0 Å². The molecule has 0 aliphatic carbocycles. The minimum absolute atomic E-state index is 0.231. The van der Waals surface area contributed by atoms with Gasteiger partial charge in [-0.25, -0.2) is 0 Å². The zero-order chi connectivity index (χ0) is 15.2. The average Bonchev–Trinajstić information content (AvgIpc) is 2.94. The van der Waals surface area contributed by atoms with E-state index in [9.17, 15) is 9.90 Å². The van der Waals surface area contributed by atoms with Gasteiger partial charge in [-0.2, -0.15) is 5.10 Å². The van der Waals surface area contributed by atoms with Crippen molar-refractivity contribution in [2.75, 3.05) is 6.54 Å². The minimum Gasteiger partial charge on any atom is -0.391 e. The zero-order valence-electron chi connectivity index (χ0n) is 12.3. The molecule has 1 aromatic heterocycles. The van der Waals surface area contributed by atoms with E-state index < -0.39 is 6.10 Å². The Balaban J connectivity index is 2.03. The van der Waals surface area contributed by atoms with Crippen LogP contribution in [0, 0.1) is 5.92 Å². The smallest absolute Gasteiger partial charge is 0.255 e. The van der Waals surface area contributed by atoms with Gasteiger partial charge in [0.25, 0.3) is 5.91 Å². The molecule has 0 radical (unpaired) electrons. The number of nitrogens with zero attached hydrogens (tertiary/aromatic N) is 1. The number of benzene rings is 1. The van der Waals surface area contributed by atoms with E-state index in [2.05, 4.69) is 15.5 Å². The molecule has 3 N–H and O–H groups in total. The second-order valence-corrected chi connectivity index (χ2v) is 5.52. The van der Waals surface area contributed by atoms with Gasteiger partial charge in [-0.15, -0.1) is 0 Å². The summed E-state index contributed by atoms with van der Waals surface area (Å²) in [4.78, 5) is 12.2. The summed E-state index contributed by atoms with van der Waals surface area (Å²) in [6.07, 6.45) is 1.64. The highest BCUT2D eigenvalue weighted by atomic mass is 16.3. The molecule has 112 valence electrons. The molecule has 0 fully saturated rings. The number of aliphatic hydroxyl groups is 1. The van der Waals surface area contributed by atoms with Crippen molar-refractivity contribution in [1.29, 1.82) is 0 Å². The predicted octanol–water partition coefficient (Wildman–Crippen LogP) is 2.21. The van der Waals surface area contributed by atoms with Crippen LogP contribution in [0.15, 0.2) is 36.5 Å². The highest BCUT2D eigenvalue weighted by Gasteiger charge is 2.16. The van der Waals surface area contributed by atoms with E-state index in [1.165, 1.54) is 6.20 Å². The lowest BCUT2D eigenvalue weighted by Crippen LogP contribution is -2.32. The predicted molar refractivity (Wildman–Crippen MR) is 81.8 cm³/mol. The van der Waals surface area contributed by atoms with E-state index in [4.69, 9.17) is 0 Å². The number of carbonyl (C=O) groups excluding carboxylic acids is 1. The van der Waals surface area contributed by atoms with Crippen molar-refractivity contribution in [3.05, 3.63) is 42.1 Å². The van der Waals surface area contributed by atoms with Crippen LogP contribution in [0.2, 0.25) is 0 Å². The lowest BCUT2D eigenvalue weighted by atomic mass is 10.1. The Kier molecular flexibility index (Phi) is 5.11. The molecule has 21 heavy (non-hydrogen) atoms. The van der Waals surface area contributed by atoms with Gasteiger partial charge in [0.1, 0.15) is 0 Å². The molecular weight excluding hydrogens is 266 g/mol. The molecule has 0 saturated heterocycles. The maximum Gasteiger partial charge on any atom is 0.255 e. The maximum absolute atomic E-state index is 12.2. The topological polar surface area (TPSA) is 78.0 Å². The first kappa shape index (κ1) is 15.3. The molecule has 5 heteroatoms. The fraction of sp³-hybridized carbons (Fsp3) is 0.375. The number of nitrogens with one attached hydrogen (secondary N) is 2. The van der Waals surface area contributed by atoms with Gasteiger partial charge in [0, 0.05) is 12.1 Å². The van der Waals surface area contributed by atoms with Gasteiger partial charge >= 0.3 is 0 Å². The first-order valence-corrected chi connectivity index (χ1v) is 7.13. The number of amides is 1. The van der Waals surface area contributed by atoms with Crippen LogP contribution >= 0.6 is 0 Å². The second-order valence-electron chi connectivity index (χ2n) is 5.52. The second kappa shape index (κ2) is 7.04. The van der Waals surface area contributed by atoms with Crippen LogP contribution in [0.4, 0.5) is 0 Å². The Bertz CT molecular complexity index is 578. The first-order chi connectivity index (χ1) is 10.1. The molecule has 0 aliphatic heterocycles. The highest BCUT2D eigenvalue weighted by molar-refractivity contribution is 5.99. The van der Waals surface area contributed by atoms with E-state index in [1.807, 2.05) is 44.2 Å². The molecule has 0 spiro atoms. The molecule has 1 unspecified atom stereocenters. The van der Waals surface area contributed by atoms with Crippen molar-refractivity contribution in [1.82, 2.24) is 15.5 Å². The summed E-state index contributed by atoms with van der Waals surface area (Å²) >= 11 is 0. The molecule has 2 aromatic rings. The molecule has 0 saturated carbocycles. The van der Waals surface area contributed by atoms with Gasteiger partial charge in [0.2, 0.25) is 0 Å². The molecule has 5 nitrogen and oxygen atoms in total. The van der Waals surface area contributed by atoms with Crippen molar-refractivity contribution < 1.29 is 9.90 Å². The van der Waals surface area contributed by atoms with Crippen molar-refractivity contribution >= 4 is 5.91 Å². The Morgan fingerprint density at radius 2 is 2.05 bits per heavy atom. The SMILES string of the molecule is CC(C)CC(O)CNC(=O)c1cn[nH]c1-c1ccccc1. The molecule has 0 aliphatic rings. The van der Waals surface area contributed by atoms with E-state index in [-0.39, 0.29) is 12.5 Å². The van der Waals surface area contributed by atoms with Crippen molar-refractivity contribution in [2.45, 2.75) is 26.4 Å². The maximum atomic E-state index is 12.2. The first-order valence-electron chi connectivity index (χ1n) is 7.13. The van der Waals surface area contributed by atoms with Crippen LogP contribution in [0.3, 0.4) is 0 Å². The lowest BCUT2D eigenvalue weighted by molar-refractivity contribution is 0.0901. The van der Waals surface area contributed by atoms with Gasteiger partial charge in [-0.05, 0) is 12.3 Å². The van der Waals surface area contributed by atoms with Crippen molar-refractivity contribution in [2.24, 2.45) is 5.92 Å². The Morgan fingerprint density at radius 1 is 1.33 bits per heavy atom. The Morgan fingerprint density at radius 3 is 2.71 bits per heavy atom.